The van der Waals surface area contributed by atoms with Gasteiger partial charge in [-0.2, -0.15) is 0 Å². The fraction of sp³-hybridized carbons (Fsp3) is 0.111. The molecule has 0 aliphatic carbocycles. The highest BCUT2D eigenvalue weighted by Crippen LogP contribution is 2.29. The van der Waals surface area contributed by atoms with Gasteiger partial charge in [-0.15, -0.1) is 11.3 Å². The fourth-order valence-electron chi connectivity index (χ4n) is 1.49. The summed E-state index contributed by atoms with van der Waals surface area (Å²) >= 11 is 7.64. The van der Waals surface area contributed by atoms with Crippen molar-refractivity contribution >= 4 is 45.6 Å². The van der Waals surface area contributed by atoms with Gasteiger partial charge in [0.15, 0.2) is 0 Å². The predicted molar refractivity (Wildman–Crippen MR) is 61.4 cm³/mol. The van der Waals surface area contributed by atoms with Crippen molar-refractivity contribution in [2.24, 2.45) is 0 Å². The van der Waals surface area contributed by atoms with E-state index in [1.807, 2.05) is 18.4 Å². The summed E-state index contributed by atoms with van der Waals surface area (Å²) in [6.45, 7) is 1.93. The van der Waals surface area contributed by atoms with Gasteiger partial charge in [-0.1, -0.05) is 17.7 Å². The van der Waals surface area contributed by atoms with E-state index >= 15 is 0 Å². The number of aryl methyl sites for hydroxylation is 1. The molecule has 2 aromatic rings. The molecule has 1 aromatic carbocycles. The van der Waals surface area contributed by atoms with E-state index < -0.39 is 7.12 Å². The molecule has 0 aliphatic rings. The molecule has 2 rings (SSSR count). The molecule has 5 heteroatoms. The summed E-state index contributed by atoms with van der Waals surface area (Å²) in [5.41, 5.74) is 1.39. The average molecular weight is 226 g/mol. The number of halogens is 1. The highest BCUT2D eigenvalue weighted by molar-refractivity contribution is 7.17. The summed E-state index contributed by atoms with van der Waals surface area (Å²) in [5, 5.41) is 21.5. The van der Waals surface area contributed by atoms with E-state index in [9.17, 15) is 0 Å². The summed E-state index contributed by atoms with van der Waals surface area (Å²) in [6, 6.07) is 3.60. The Morgan fingerprint density at radius 1 is 1.43 bits per heavy atom. The molecular formula is C9H8BClO2S. The molecule has 0 saturated heterocycles. The van der Waals surface area contributed by atoms with Crippen LogP contribution < -0.4 is 5.46 Å². The molecule has 0 fully saturated rings. The van der Waals surface area contributed by atoms with Crippen LogP contribution in [-0.2, 0) is 0 Å². The first kappa shape index (κ1) is 9.99. The molecule has 0 radical (unpaired) electrons. The van der Waals surface area contributed by atoms with Crippen LogP contribution >= 0.6 is 22.9 Å². The first-order chi connectivity index (χ1) is 6.61. The van der Waals surface area contributed by atoms with Crippen LogP contribution in [0.15, 0.2) is 17.5 Å². The summed E-state index contributed by atoms with van der Waals surface area (Å²) in [5.74, 6) is 0. The van der Waals surface area contributed by atoms with Gasteiger partial charge < -0.3 is 10.0 Å². The van der Waals surface area contributed by atoms with Crippen LogP contribution in [0.2, 0.25) is 5.02 Å². The Morgan fingerprint density at radius 3 is 2.79 bits per heavy atom. The van der Waals surface area contributed by atoms with Gasteiger partial charge in [0.2, 0.25) is 0 Å². The number of hydrogen-bond donors (Lipinski definition) is 2. The SMILES string of the molecule is Cc1cc(B(O)O)c(Cl)c2ccsc12. The van der Waals surface area contributed by atoms with Crippen LogP contribution in [0.4, 0.5) is 0 Å². The number of fused-ring (bicyclic) bond motifs is 1. The largest absolute Gasteiger partial charge is 0.489 e. The van der Waals surface area contributed by atoms with E-state index in [0.29, 0.717) is 10.5 Å². The van der Waals surface area contributed by atoms with Gasteiger partial charge in [-0.3, -0.25) is 0 Å². The summed E-state index contributed by atoms with van der Waals surface area (Å²) < 4.78 is 1.10. The second-order valence-electron chi connectivity index (χ2n) is 3.13. The van der Waals surface area contributed by atoms with Crippen molar-refractivity contribution in [3.05, 3.63) is 28.1 Å². The lowest BCUT2D eigenvalue weighted by atomic mass is 9.79. The molecule has 0 atom stereocenters. The van der Waals surface area contributed by atoms with Gasteiger partial charge in [0, 0.05) is 20.6 Å². The second-order valence-corrected chi connectivity index (χ2v) is 4.43. The zero-order valence-electron chi connectivity index (χ0n) is 7.49. The van der Waals surface area contributed by atoms with E-state index in [-0.39, 0.29) is 0 Å². The Labute approximate surface area is 90.9 Å². The summed E-state index contributed by atoms with van der Waals surface area (Å²) in [7, 11) is -1.51. The Balaban J connectivity index is 2.82. The van der Waals surface area contributed by atoms with Crippen LogP contribution in [0.25, 0.3) is 10.1 Å². The fourth-order valence-corrected chi connectivity index (χ4v) is 2.74. The third-order valence-corrected chi connectivity index (χ3v) is 3.64. The van der Waals surface area contributed by atoms with Crippen molar-refractivity contribution in [2.45, 2.75) is 6.92 Å². The maximum Gasteiger partial charge on any atom is 0.489 e. The van der Waals surface area contributed by atoms with E-state index in [0.717, 1.165) is 15.6 Å². The van der Waals surface area contributed by atoms with Crippen molar-refractivity contribution in [3.63, 3.8) is 0 Å². The molecular weight excluding hydrogens is 218 g/mol. The molecule has 2 nitrogen and oxygen atoms in total. The van der Waals surface area contributed by atoms with Crippen LogP contribution in [0.3, 0.4) is 0 Å². The first-order valence-electron chi connectivity index (χ1n) is 4.13. The van der Waals surface area contributed by atoms with Gasteiger partial charge in [-0.25, -0.2) is 0 Å². The third-order valence-electron chi connectivity index (χ3n) is 2.16. The predicted octanol–water partition coefficient (Wildman–Crippen LogP) is 1.54. The minimum atomic E-state index is -1.51. The Bertz CT molecular complexity index is 481. The standard InChI is InChI=1S/C9H8BClO2S/c1-5-4-7(10(12)13)8(11)6-2-3-14-9(5)6/h2-4,12-13H,1H3. The summed E-state index contributed by atoms with van der Waals surface area (Å²) in [6.07, 6.45) is 0. The van der Waals surface area contributed by atoms with Crippen molar-refractivity contribution in [2.75, 3.05) is 0 Å². The quantitative estimate of drug-likeness (QED) is 0.724. The Kier molecular flexibility index (Phi) is 2.53. The number of hydrogen-bond acceptors (Lipinski definition) is 3. The highest BCUT2D eigenvalue weighted by Gasteiger charge is 2.18. The third kappa shape index (κ3) is 1.44. The molecule has 72 valence electrons. The monoisotopic (exact) mass is 226 g/mol. The highest BCUT2D eigenvalue weighted by atomic mass is 35.5. The van der Waals surface area contributed by atoms with Crippen LogP contribution in [-0.4, -0.2) is 17.2 Å². The van der Waals surface area contributed by atoms with Crippen molar-refractivity contribution in [1.29, 1.82) is 0 Å². The lowest BCUT2D eigenvalue weighted by Gasteiger charge is -2.06. The zero-order chi connectivity index (χ0) is 10.3. The molecule has 0 bridgehead atoms. The Morgan fingerprint density at radius 2 is 2.14 bits per heavy atom. The van der Waals surface area contributed by atoms with Gasteiger partial charge in [-0.05, 0) is 23.9 Å². The number of thiophene rings is 1. The zero-order valence-corrected chi connectivity index (χ0v) is 9.06. The van der Waals surface area contributed by atoms with E-state index in [4.69, 9.17) is 21.6 Å². The van der Waals surface area contributed by atoms with Crippen LogP contribution in [0, 0.1) is 6.92 Å². The van der Waals surface area contributed by atoms with E-state index in [1.165, 1.54) is 0 Å². The molecule has 14 heavy (non-hydrogen) atoms. The average Bonchev–Trinajstić information content (AvgIpc) is 2.59. The van der Waals surface area contributed by atoms with Crippen molar-refractivity contribution in [1.82, 2.24) is 0 Å². The molecule has 2 N–H and O–H groups in total. The number of benzene rings is 1. The van der Waals surface area contributed by atoms with E-state index in [1.54, 1.807) is 17.4 Å². The van der Waals surface area contributed by atoms with Gasteiger partial charge >= 0.3 is 7.12 Å². The normalized spacial score (nSPS) is 10.9. The molecule has 0 unspecified atom stereocenters. The number of rotatable bonds is 1. The molecule has 0 spiro atoms. The molecule has 1 aromatic heterocycles. The Hall–Kier alpha value is -0.545. The molecule has 0 amide bonds. The minimum Gasteiger partial charge on any atom is -0.423 e. The van der Waals surface area contributed by atoms with Crippen molar-refractivity contribution < 1.29 is 10.0 Å². The van der Waals surface area contributed by atoms with E-state index in [2.05, 4.69) is 0 Å². The molecule has 0 aliphatic heterocycles. The van der Waals surface area contributed by atoms with Gasteiger partial charge in [0.25, 0.3) is 0 Å². The van der Waals surface area contributed by atoms with Gasteiger partial charge in [0.1, 0.15) is 0 Å². The van der Waals surface area contributed by atoms with Crippen LogP contribution in [0.1, 0.15) is 5.56 Å². The minimum absolute atomic E-state index is 0.370. The summed E-state index contributed by atoms with van der Waals surface area (Å²) in [4.78, 5) is 0. The maximum atomic E-state index is 9.10. The molecule has 0 saturated carbocycles. The van der Waals surface area contributed by atoms with Crippen LogP contribution in [0.5, 0.6) is 0 Å². The first-order valence-corrected chi connectivity index (χ1v) is 5.39. The lowest BCUT2D eigenvalue weighted by molar-refractivity contribution is 0.426. The van der Waals surface area contributed by atoms with Crippen molar-refractivity contribution in [3.8, 4) is 0 Å². The second kappa shape index (κ2) is 3.55. The lowest BCUT2D eigenvalue weighted by Crippen LogP contribution is -2.31. The van der Waals surface area contributed by atoms with Gasteiger partial charge in [0.05, 0.1) is 0 Å². The maximum absolute atomic E-state index is 9.10. The topological polar surface area (TPSA) is 40.5 Å². The molecule has 1 heterocycles. The smallest absolute Gasteiger partial charge is 0.423 e.